The number of amides is 1. The standard InChI is InChI=1S/C14H23N3O3S2/c1-3-17(4-2)22(19,20)13-6-5-12(21-13)7-8-16-14(18)11-9-15-10-11/h5-6,11,15H,3-4,7-10H2,1-2H3,(H,16,18). The lowest BCUT2D eigenvalue weighted by Crippen LogP contribution is -2.51. The van der Waals surface area contributed by atoms with Gasteiger partial charge in [0, 0.05) is 37.6 Å². The molecule has 2 heterocycles. The van der Waals surface area contributed by atoms with Crippen LogP contribution in [-0.4, -0.2) is 51.4 Å². The molecule has 0 bridgehead atoms. The molecule has 0 radical (unpaired) electrons. The Morgan fingerprint density at radius 3 is 2.59 bits per heavy atom. The number of carbonyl (C=O) groups is 1. The van der Waals surface area contributed by atoms with Gasteiger partial charge < -0.3 is 10.6 Å². The summed E-state index contributed by atoms with van der Waals surface area (Å²) in [6.07, 6.45) is 0.657. The summed E-state index contributed by atoms with van der Waals surface area (Å²) >= 11 is 1.29. The van der Waals surface area contributed by atoms with Crippen molar-refractivity contribution >= 4 is 27.3 Å². The van der Waals surface area contributed by atoms with Gasteiger partial charge in [-0.15, -0.1) is 11.3 Å². The van der Waals surface area contributed by atoms with E-state index in [4.69, 9.17) is 0 Å². The highest BCUT2D eigenvalue weighted by atomic mass is 32.2. The van der Waals surface area contributed by atoms with Gasteiger partial charge in [0.1, 0.15) is 4.21 Å². The van der Waals surface area contributed by atoms with Crippen molar-refractivity contribution < 1.29 is 13.2 Å². The number of carbonyl (C=O) groups excluding carboxylic acids is 1. The maximum absolute atomic E-state index is 12.4. The van der Waals surface area contributed by atoms with Crippen molar-refractivity contribution in [1.82, 2.24) is 14.9 Å². The van der Waals surface area contributed by atoms with Gasteiger partial charge in [-0.1, -0.05) is 13.8 Å². The van der Waals surface area contributed by atoms with E-state index >= 15 is 0 Å². The van der Waals surface area contributed by atoms with Gasteiger partial charge in [-0.05, 0) is 18.6 Å². The summed E-state index contributed by atoms with van der Waals surface area (Å²) in [6, 6.07) is 3.49. The van der Waals surface area contributed by atoms with Crippen LogP contribution in [0.1, 0.15) is 18.7 Å². The molecule has 1 aromatic heterocycles. The SMILES string of the molecule is CCN(CC)S(=O)(=O)c1ccc(CCNC(=O)C2CNC2)s1. The smallest absolute Gasteiger partial charge is 0.252 e. The van der Waals surface area contributed by atoms with E-state index in [9.17, 15) is 13.2 Å². The number of thiophene rings is 1. The quantitative estimate of drug-likeness (QED) is 0.725. The molecule has 8 heteroatoms. The van der Waals surface area contributed by atoms with Gasteiger partial charge in [-0.25, -0.2) is 8.42 Å². The van der Waals surface area contributed by atoms with Crippen LogP contribution in [0.25, 0.3) is 0 Å². The molecule has 1 fully saturated rings. The van der Waals surface area contributed by atoms with Crippen LogP contribution in [0.15, 0.2) is 16.3 Å². The molecule has 0 saturated carbocycles. The van der Waals surface area contributed by atoms with E-state index in [1.165, 1.54) is 15.6 Å². The normalized spacial score (nSPS) is 15.8. The zero-order valence-corrected chi connectivity index (χ0v) is 14.6. The predicted molar refractivity (Wildman–Crippen MR) is 87.5 cm³/mol. The number of hydrogen-bond donors (Lipinski definition) is 2. The highest BCUT2D eigenvalue weighted by Crippen LogP contribution is 2.25. The molecular formula is C14H23N3O3S2. The number of rotatable bonds is 8. The molecule has 124 valence electrons. The number of sulfonamides is 1. The summed E-state index contributed by atoms with van der Waals surface area (Å²) in [4.78, 5) is 12.7. The zero-order chi connectivity index (χ0) is 16.2. The third-order valence-electron chi connectivity index (χ3n) is 3.76. The average Bonchev–Trinajstić information content (AvgIpc) is 2.87. The summed E-state index contributed by atoms with van der Waals surface area (Å²) in [5.41, 5.74) is 0. The maximum Gasteiger partial charge on any atom is 0.252 e. The van der Waals surface area contributed by atoms with Crippen molar-refractivity contribution in [3.8, 4) is 0 Å². The lowest BCUT2D eigenvalue weighted by molar-refractivity contribution is -0.126. The first-order valence-corrected chi connectivity index (χ1v) is 9.82. The Morgan fingerprint density at radius 2 is 2.05 bits per heavy atom. The molecule has 2 rings (SSSR count). The van der Waals surface area contributed by atoms with E-state index < -0.39 is 10.0 Å². The second-order valence-corrected chi connectivity index (χ2v) is 8.54. The minimum atomic E-state index is -3.37. The fourth-order valence-corrected chi connectivity index (χ4v) is 5.22. The van der Waals surface area contributed by atoms with Crippen molar-refractivity contribution in [2.75, 3.05) is 32.7 Å². The minimum Gasteiger partial charge on any atom is -0.355 e. The van der Waals surface area contributed by atoms with E-state index in [1.54, 1.807) is 6.07 Å². The van der Waals surface area contributed by atoms with Gasteiger partial charge in [0.2, 0.25) is 5.91 Å². The molecule has 1 saturated heterocycles. The second-order valence-electron chi connectivity index (χ2n) is 5.21. The van der Waals surface area contributed by atoms with Crippen LogP contribution in [0.4, 0.5) is 0 Å². The van der Waals surface area contributed by atoms with Crippen LogP contribution in [-0.2, 0) is 21.2 Å². The lowest BCUT2D eigenvalue weighted by Gasteiger charge is -2.25. The second kappa shape index (κ2) is 7.54. The van der Waals surface area contributed by atoms with E-state index in [2.05, 4.69) is 10.6 Å². The molecule has 1 aromatic rings. The van der Waals surface area contributed by atoms with Crippen molar-refractivity contribution in [3.63, 3.8) is 0 Å². The Balaban J connectivity index is 1.89. The molecule has 1 amide bonds. The Labute approximate surface area is 135 Å². The molecule has 0 aromatic carbocycles. The van der Waals surface area contributed by atoms with Crippen molar-refractivity contribution in [2.24, 2.45) is 5.92 Å². The largest absolute Gasteiger partial charge is 0.355 e. The summed E-state index contributed by atoms with van der Waals surface area (Å²) < 4.78 is 26.6. The van der Waals surface area contributed by atoms with Crippen LogP contribution in [0.2, 0.25) is 0 Å². The van der Waals surface area contributed by atoms with Gasteiger partial charge in [0.15, 0.2) is 0 Å². The van der Waals surface area contributed by atoms with E-state index in [-0.39, 0.29) is 11.8 Å². The van der Waals surface area contributed by atoms with Gasteiger partial charge in [0.05, 0.1) is 5.92 Å². The molecular weight excluding hydrogens is 322 g/mol. The molecule has 0 aliphatic carbocycles. The number of nitrogens with zero attached hydrogens (tertiary/aromatic N) is 1. The molecule has 0 atom stereocenters. The molecule has 0 unspecified atom stereocenters. The van der Waals surface area contributed by atoms with Gasteiger partial charge in [-0.3, -0.25) is 4.79 Å². The average molecular weight is 345 g/mol. The zero-order valence-electron chi connectivity index (χ0n) is 13.0. The molecule has 0 spiro atoms. The Hall–Kier alpha value is -0.960. The number of nitrogens with one attached hydrogen (secondary N) is 2. The van der Waals surface area contributed by atoms with Crippen LogP contribution in [0.3, 0.4) is 0 Å². The van der Waals surface area contributed by atoms with Crippen LogP contribution in [0, 0.1) is 5.92 Å². The fraction of sp³-hybridized carbons (Fsp3) is 0.643. The highest BCUT2D eigenvalue weighted by molar-refractivity contribution is 7.91. The van der Waals surface area contributed by atoms with E-state index in [0.717, 1.165) is 18.0 Å². The van der Waals surface area contributed by atoms with Crippen molar-refractivity contribution in [2.45, 2.75) is 24.5 Å². The van der Waals surface area contributed by atoms with Crippen molar-refractivity contribution in [1.29, 1.82) is 0 Å². The summed E-state index contributed by atoms with van der Waals surface area (Å²) in [5, 5.41) is 5.96. The predicted octanol–water partition coefficient (Wildman–Crippen LogP) is 0.657. The fourth-order valence-electron chi connectivity index (χ4n) is 2.25. The Kier molecular flexibility index (Phi) is 5.96. The molecule has 6 nitrogen and oxygen atoms in total. The highest BCUT2D eigenvalue weighted by Gasteiger charge is 2.25. The van der Waals surface area contributed by atoms with Gasteiger partial charge >= 0.3 is 0 Å². The van der Waals surface area contributed by atoms with E-state index in [1.807, 2.05) is 19.9 Å². The van der Waals surface area contributed by atoms with E-state index in [0.29, 0.717) is 30.3 Å². The lowest BCUT2D eigenvalue weighted by atomic mass is 10.0. The third-order valence-corrected chi connectivity index (χ3v) is 7.42. The summed E-state index contributed by atoms with van der Waals surface area (Å²) in [5.74, 6) is 0.160. The molecule has 1 aliphatic rings. The first-order valence-electron chi connectivity index (χ1n) is 7.56. The topological polar surface area (TPSA) is 78.5 Å². The Bertz CT molecular complexity index is 605. The van der Waals surface area contributed by atoms with Crippen molar-refractivity contribution in [3.05, 3.63) is 17.0 Å². The Morgan fingerprint density at radius 1 is 1.36 bits per heavy atom. The van der Waals surface area contributed by atoms with Gasteiger partial charge in [0.25, 0.3) is 10.0 Å². The summed E-state index contributed by atoms with van der Waals surface area (Å²) in [7, 11) is -3.37. The molecule has 1 aliphatic heterocycles. The minimum absolute atomic E-state index is 0.0753. The number of hydrogen-bond acceptors (Lipinski definition) is 5. The maximum atomic E-state index is 12.4. The van der Waals surface area contributed by atoms with Crippen LogP contribution in [0.5, 0.6) is 0 Å². The van der Waals surface area contributed by atoms with Crippen LogP contribution >= 0.6 is 11.3 Å². The monoisotopic (exact) mass is 345 g/mol. The molecule has 22 heavy (non-hydrogen) atoms. The summed E-state index contributed by atoms with van der Waals surface area (Å²) in [6.45, 7) is 6.64. The molecule has 2 N–H and O–H groups in total. The van der Waals surface area contributed by atoms with Gasteiger partial charge in [-0.2, -0.15) is 4.31 Å². The van der Waals surface area contributed by atoms with Crippen LogP contribution < -0.4 is 10.6 Å². The first kappa shape index (κ1) is 17.4. The first-order chi connectivity index (χ1) is 10.5. The third kappa shape index (κ3) is 3.87.